The van der Waals surface area contributed by atoms with Crippen LogP contribution in [0.25, 0.3) is 0 Å². The zero-order valence-electron chi connectivity index (χ0n) is 18.8. The number of anilines is 2. The van der Waals surface area contributed by atoms with E-state index in [2.05, 4.69) is 15.3 Å². The largest absolute Gasteiger partial charge is 0.493 e. The van der Waals surface area contributed by atoms with Crippen LogP contribution in [0, 0.1) is 0 Å². The lowest BCUT2D eigenvalue weighted by molar-refractivity contribution is -0.138. The fourth-order valence-electron chi connectivity index (χ4n) is 4.40. The molecule has 1 aromatic heterocycles. The van der Waals surface area contributed by atoms with E-state index in [0.717, 1.165) is 35.4 Å². The summed E-state index contributed by atoms with van der Waals surface area (Å²) in [6.45, 7) is 4.90. The van der Waals surface area contributed by atoms with E-state index in [0.29, 0.717) is 51.0 Å². The number of carboxylic acids is 1. The first-order chi connectivity index (χ1) is 15.9. The minimum Gasteiger partial charge on any atom is -0.493 e. The number of hydrogen-bond acceptors (Lipinski definition) is 7. The van der Waals surface area contributed by atoms with Gasteiger partial charge in [0.15, 0.2) is 0 Å². The Hall–Kier alpha value is -3.56. The number of nitrogens with two attached hydrogens (primary N) is 1. The lowest BCUT2D eigenvalue weighted by Gasteiger charge is -2.27. The van der Waals surface area contributed by atoms with Gasteiger partial charge in [-0.15, -0.1) is 0 Å². The first kappa shape index (κ1) is 22.6. The van der Waals surface area contributed by atoms with Gasteiger partial charge in [0.05, 0.1) is 19.1 Å². The molecule has 2 aliphatic heterocycles. The average Bonchev–Trinajstić information content (AvgIpc) is 3.38. The number of amides is 2. The molecule has 1 fully saturated rings. The van der Waals surface area contributed by atoms with Crippen molar-refractivity contribution in [1.29, 1.82) is 0 Å². The predicted octanol–water partition coefficient (Wildman–Crippen LogP) is 2.31. The molecule has 4 rings (SSSR count). The summed E-state index contributed by atoms with van der Waals surface area (Å²) in [6, 6.07) is 6.85. The number of hydrogen-bond donors (Lipinski definition) is 3. The molecule has 1 aromatic carbocycles. The van der Waals surface area contributed by atoms with Gasteiger partial charge in [0.25, 0.3) is 0 Å². The number of carbonyl (C=O) groups excluding carboxylic acids is 1. The second kappa shape index (κ2) is 9.93. The molecule has 0 saturated carbocycles. The quantitative estimate of drug-likeness (QED) is 0.498. The number of urea groups is 1. The number of ether oxygens (including phenoxy) is 1. The van der Waals surface area contributed by atoms with Crippen molar-refractivity contribution >= 4 is 23.8 Å². The average molecular weight is 455 g/mol. The summed E-state index contributed by atoms with van der Waals surface area (Å²) in [6.07, 6.45) is 2.09. The number of carboxylic acid groups (broad SMARTS) is 1. The first-order valence-electron chi connectivity index (χ1n) is 11.3. The first-order valence-corrected chi connectivity index (χ1v) is 11.3. The van der Waals surface area contributed by atoms with Crippen LogP contribution >= 0.6 is 0 Å². The molecule has 0 radical (unpaired) electrons. The molecular weight excluding hydrogens is 424 g/mol. The van der Waals surface area contributed by atoms with E-state index in [-0.39, 0.29) is 12.5 Å². The number of aryl methyl sites for hydroxylation is 1. The fourth-order valence-corrected chi connectivity index (χ4v) is 4.40. The molecule has 2 aromatic rings. The normalized spacial score (nSPS) is 16.0. The van der Waals surface area contributed by atoms with Gasteiger partial charge in [-0.25, -0.2) is 9.78 Å². The van der Waals surface area contributed by atoms with E-state index >= 15 is 0 Å². The number of nitrogens with zero attached hydrogens (tertiary/aromatic N) is 4. The van der Waals surface area contributed by atoms with Crippen LogP contribution in [0.5, 0.6) is 5.75 Å². The van der Waals surface area contributed by atoms with Crippen LogP contribution in [0.15, 0.2) is 24.3 Å². The second-order valence-electron chi connectivity index (χ2n) is 8.28. The van der Waals surface area contributed by atoms with Crippen LogP contribution in [0.2, 0.25) is 0 Å². The molecule has 0 bridgehead atoms. The molecule has 2 amide bonds. The van der Waals surface area contributed by atoms with Crippen LogP contribution < -0.4 is 15.8 Å². The third kappa shape index (κ3) is 5.27. The molecule has 10 nitrogen and oxygen atoms in total. The molecule has 0 unspecified atom stereocenters. The standard InChI is InChI=1S/C23H30N6O4/c1-2-25-22-26-17(13-20(24)27-22)4-3-8-28-9-10-29(23(28)32)18(14-21(30)31)16-6-5-15-7-11-33-19(15)12-16/h5-6,12-13,18H,2-4,7-11,14H2,1H3,(H,30,31)(H3,24,25,26,27)/t18-/m1/s1. The van der Waals surface area contributed by atoms with Gasteiger partial charge < -0.3 is 30.7 Å². The van der Waals surface area contributed by atoms with Crippen molar-refractivity contribution in [2.45, 2.75) is 38.6 Å². The maximum absolute atomic E-state index is 13.1. The lowest BCUT2D eigenvalue weighted by atomic mass is 10.00. The van der Waals surface area contributed by atoms with Gasteiger partial charge in [0.1, 0.15) is 11.6 Å². The van der Waals surface area contributed by atoms with Crippen molar-refractivity contribution in [3.63, 3.8) is 0 Å². The van der Waals surface area contributed by atoms with Gasteiger partial charge in [-0.3, -0.25) is 4.79 Å². The van der Waals surface area contributed by atoms with Gasteiger partial charge in [0, 0.05) is 44.4 Å². The van der Waals surface area contributed by atoms with Crippen molar-refractivity contribution in [3.8, 4) is 5.75 Å². The number of benzene rings is 1. The monoisotopic (exact) mass is 454 g/mol. The summed E-state index contributed by atoms with van der Waals surface area (Å²) >= 11 is 0. The maximum Gasteiger partial charge on any atom is 0.320 e. The van der Waals surface area contributed by atoms with Crippen LogP contribution in [0.3, 0.4) is 0 Å². The van der Waals surface area contributed by atoms with Gasteiger partial charge in [0.2, 0.25) is 5.95 Å². The maximum atomic E-state index is 13.1. The van der Waals surface area contributed by atoms with E-state index in [1.807, 2.05) is 25.1 Å². The second-order valence-corrected chi connectivity index (χ2v) is 8.28. The van der Waals surface area contributed by atoms with Crippen molar-refractivity contribution in [2.24, 2.45) is 0 Å². The Kier molecular flexibility index (Phi) is 6.81. The van der Waals surface area contributed by atoms with Gasteiger partial charge in [-0.1, -0.05) is 12.1 Å². The topological polar surface area (TPSA) is 134 Å². The summed E-state index contributed by atoms with van der Waals surface area (Å²) in [5.74, 6) is 0.762. The van der Waals surface area contributed by atoms with E-state index < -0.39 is 12.0 Å². The Labute approximate surface area is 192 Å². The summed E-state index contributed by atoms with van der Waals surface area (Å²) in [5.41, 5.74) is 8.60. The highest BCUT2D eigenvalue weighted by atomic mass is 16.5. The van der Waals surface area contributed by atoms with E-state index in [1.54, 1.807) is 15.9 Å². The molecule has 33 heavy (non-hydrogen) atoms. The molecule has 0 spiro atoms. The Morgan fingerprint density at radius 2 is 2.15 bits per heavy atom. The third-order valence-corrected chi connectivity index (χ3v) is 5.97. The molecule has 3 heterocycles. The van der Waals surface area contributed by atoms with Crippen molar-refractivity contribution in [1.82, 2.24) is 19.8 Å². The summed E-state index contributed by atoms with van der Waals surface area (Å²) in [4.78, 5) is 36.8. The summed E-state index contributed by atoms with van der Waals surface area (Å²) in [7, 11) is 0. The van der Waals surface area contributed by atoms with E-state index in [4.69, 9.17) is 10.5 Å². The van der Waals surface area contributed by atoms with E-state index in [9.17, 15) is 14.7 Å². The number of aliphatic carboxylic acids is 1. The molecule has 4 N–H and O–H groups in total. The number of nitrogens with one attached hydrogen (secondary N) is 1. The highest BCUT2D eigenvalue weighted by Crippen LogP contribution is 2.34. The fraction of sp³-hybridized carbons (Fsp3) is 0.478. The lowest BCUT2D eigenvalue weighted by Crippen LogP contribution is -2.36. The molecule has 1 atom stereocenters. The Bertz CT molecular complexity index is 1030. The molecular formula is C23H30N6O4. The molecule has 0 aliphatic carbocycles. The number of nitrogen functional groups attached to an aromatic ring is 1. The summed E-state index contributed by atoms with van der Waals surface area (Å²) in [5, 5.41) is 12.6. The number of aromatic nitrogens is 2. The van der Waals surface area contributed by atoms with Gasteiger partial charge in [-0.2, -0.15) is 4.98 Å². The van der Waals surface area contributed by atoms with Crippen LogP contribution in [0.4, 0.5) is 16.6 Å². The smallest absolute Gasteiger partial charge is 0.320 e. The highest BCUT2D eigenvalue weighted by molar-refractivity contribution is 5.78. The number of rotatable bonds is 10. The van der Waals surface area contributed by atoms with Gasteiger partial charge >= 0.3 is 12.0 Å². The Morgan fingerprint density at radius 1 is 1.30 bits per heavy atom. The number of carbonyl (C=O) groups is 2. The Balaban J connectivity index is 1.40. The SMILES string of the molecule is CCNc1nc(N)cc(CCCN2CCN([C@H](CC(=O)O)c3ccc4c(c3)OCC4)C2=O)n1. The third-order valence-electron chi connectivity index (χ3n) is 5.97. The van der Waals surface area contributed by atoms with E-state index in [1.165, 1.54) is 0 Å². The predicted molar refractivity (Wildman–Crippen MR) is 123 cm³/mol. The minimum atomic E-state index is -0.939. The van der Waals surface area contributed by atoms with Crippen molar-refractivity contribution in [2.75, 3.05) is 43.8 Å². The van der Waals surface area contributed by atoms with Crippen LogP contribution in [-0.4, -0.2) is 69.7 Å². The van der Waals surface area contributed by atoms with Crippen LogP contribution in [0.1, 0.15) is 42.6 Å². The molecule has 176 valence electrons. The van der Waals surface area contributed by atoms with Crippen molar-refractivity contribution < 1.29 is 19.4 Å². The highest BCUT2D eigenvalue weighted by Gasteiger charge is 2.35. The van der Waals surface area contributed by atoms with Crippen LogP contribution in [-0.2, 0) is 17.6 Å². The molecule has 1 saturated heterocycles. The zero-order valence-corrected chi connectivity index (χ0v) is 18.8. The number of fused-ring (bicyclic) bond motifs is 1. The van der Waals surface area contributed by atoms with Crippen molar-refractivity contribution in [3.05, 3.63) is 41.1 Å². The molecule has 2 aliphatic rings. The summed E-state index contributed by atoms with van der Waals surface area (Å²) < 4.78 is 5.65. The van der Waals surface area contributed by atoms with Gasteiger partial charge in [-0.05, 0) is 37.0 Å². The Morgan fingerprint density at radius 3 is 2.94 bits per heavy atom. The zero-order chi connectivity index (χ0) is 23.4. The minimum absolute atomic E-state index is 0.141. The molecule has 10 heteroatoms.